The van der Waals surface area contributed by atoms with Crippen LogP contribution in [0.25, 0.3) is 0 Å². The van der Waals surface area contributed by atoms with E-state index in [0.717, 1.165) is 6.42 Å². The standard InChI is InChI=1S/C11H17N3O2S/c1-8-6-9(2)14(7-8)17(15,16)11-10(12)4-3-5-13-11/h3-5,8-9H,6-7,12H2,1-2H3. The number of nitrogens with zero attached hydrogens (tertiary/aromatic N) is 2. The van der Waals surface area contributed by atoms with Gasteiger partial charge >= 0.3 is 0 Å². The van der Waals surface area contributed by atoms with Crippen LogP contribution in [0.4, 0.5) is 5.69 Å². The summed E-state index contributed by atoms with van der Waals surface area (Å²) >= 11 is 0. The summed E-state index contributed by atoms with van der Waals surface area (Å²) in [5.41, 5.74) is 5.89. The maximum Gasteiger partial charge on any atom is 0.262 e. The van der Waals surface area contributed by atoms with E-state index in [2.05, 4.69) is 4.98 Å². The second-order valence-electron chi connectivity index (χ2n) is 4.66. The highest BCUT2D eigenvalue weighted by molar-refractivity contribution is 7.89. The zero-order valence-corrected chi connectivity index (χ0v) is 10.8. The molecule has 5 nitrogen and oxygen atoms in total. The number of hydrogen-bond acceptors (Lipinski definition) is 4. The third-order valence-electron chi connectivity index (χ3n) is 3.08. The van der Waals surface area contributed by atoms with Crippen LogP contribution in [0.3, 0.4) is 0 Å². The van der Waals surface area contributed by atoms with Gasteiger partial charge in [-0.3, -0.25) is 0 Å². The van der Waals surface area contributed by atoms with E-state index in [1.165, 1.54) is 10.5 Å². The van der Waals surface area contributed by atoms with Crippen LogP contribution >= 0.6 is 0 Å². The van der Waals surface area contributed by atoms with Gasteiger partial charge in [0.25, 0.3) is 10.0 Å². The molecule has 2 N–H and O–H groups in total. The Kier molecular flexibility index (Phi) is 3.09. The van der Waals surface area contributed by atoms with Gasteiger partial charge in [-0.2, -0.15) is 4.31 Å². The second-order valence-corrected chi connectivity index (χ2v) is 6.47. The lowest BCUT2D eigenvalue weighted by Gasteiger charge is -2.20. The van der Waals surface area contributed by atoms with Crippen molar-refractivity contribution >= 4 is 15.7 Å². The van der Waals surface area contributed by atoms with Gasteiger partial charge in [-0.15, -0.1) is 0 Å². The quantitative estimate of drug-likeness (QED) is 0.858. The molecule has 1 saturated heterocycles. The van der Waals surface area contributed by atoms with Crippen LogP contribution in [0.5, 0.6) is 0 Å². The average molecular weight is 255 g/mol. The van der Waals surface area contributed by atoms with Crippen molar-refractivity contribution in [1.29, 1.82) is 0 Å². The molecule has 1 aliphatic rings. The monoisotopic (exact) mass is 255 g/mol. The van der Waals surface area contributed by atoms with Crippen molar-refractivity contribution in [3.63, 3.8) is 0 Å². The van der Waals surface area contributed by atoms with Crippen LogP contribution in [0, 0.1) is 5.92 Å². The highest BCUT2D eigenvalue weighted by Gasteiger charge is 2.37. The van der Waals surface area contributed by atoms with Gasteiger partial charge in [0.05, 0.1) is 5.69 Å². The maximum absolute atomic E-state index is 12.4. The number of rotatable bonds is 2. The summed E-state index contributed by atoms with van der Waals surface area (Å²) in [4.78, 5) is 3.90. The van der Waals surface area contributed by atoms with Gasteiger partial charge in [0.15, 0.2) is 5.03 Å². The Hall–Kier alpha value is -1.14. The molecule has 0 aromatic carbocycles. The molecule has 0 radical (unpaired) electrons. The molecule has 1 fully saturated rings. The summed E-state index contributed by atoms with van der Waals surface area (Å²) in [7, 11) is -3.55. The average Bonchev–Trinajstić information content (AvgIpc) is 2.59. The van der Waals surface area contributed by atoms with Crippen LogP contribution in [-0.4, -0.2) is 30.3 Å². The predicted molar refractivity (Wildman–Crippen MR) is 65.8 cm³/mol. The molecular weight excluding hydrogens is 238 g/mol. The highest BCUT2D eigenvalue weighted by Crippen LogP contribution is 2.29. The molecule has 0 bridgehead atoms. The number of anilines is 1. The van der Waals surface area contributed by atoms with Crippen molar-refractivity contribution in [2.45, 2.75) is 31.3 Å². The van der Waals surface area contributed by atoms with Crippen molar-refractivity contribution in [3.8, 4) is 0 Å². The third kappa shape index (κ3) is 2.14. The summed E-state index contributed by atoms with van der Waals surface area (Å²) in [6.07, 6.45) is 2.33. The smallest absolute Gasteiger partial charge is 0.262 e. The van der Waals surface area contributed by atoms with Gasteiger partial charge in [-0.25, -0.2) is 13.4 Å². The molecule has 6 heteroatoms. The Morgan fingerprint density at radius 2 is 2.18 bits per heavy atom. The molecule has 2 heterocycles. The maximum atomic E-state index is 12.4. The van der Waals surface area contributed by atoms with E-state index in [0.29, 0.717) is 12.5 Å². The lowest BCUT2D eigenvalue weighted by Crippen LogP contribution is -2.34. The number of aromatic nitrogens is 1. The van der Waals surface area contributed by atoms with E-state index in [1.807, 2.05) is 13.8 Å². The van der Waals surface area contributed by atoms with Crippen LogP contribution in [0.15, 0.2) is 23.4 Å². The minimum absolute atomic E-state index is 0.0106. The number of hydrogen-bond donors (Lipinski definition) is 1. The van der Waals surface area contributed by atoms with Crippen LogP contribution in [-0.2, 0) is 10.0 Å². The Balaban J connectivity index is 2.41. The van der Waals surface area contributed by atoms with Gasteiger partial charge in [-0.05, 0) is 31.4 Å². The topological polar surface area (TPSA) is 76.3 Å². The highest BCUT2D eigenvalue weighted by atomic mass is 32.2. The van der Waals surface area contributed by atoms with Crippen molar-refractivity contribution in [2.75, 3.05) is 12.3 Å². The molecule has 1 aromatic rings. The van der Waals surface area contributed by atoms with E-state index < -0.39 is 10.0 Å². The fourth-order valence-corrected chi connectivity index (χ4v) is 4.12. The first-order chi connectivity index (χ1) is 7.93. The van der Waals surface area contributed by atoms with E-state index >= 15 is 0 Å². The third-order valence-corrected chi connectivity index (χ3v) is 5.04. The molecule has 1 aromatic heterocycles. The van der Waals surface area contributed by atoms with Crippen LogP contribution < -0.4 is 5.73 Å². The van der Waals surface area contributed by atoms with Gasteiger partial charge in [0, 0.05) is 18.8 Å². The van der Waals surface area contributed by atoms with E-state index in [-0.39, 0.29) is 16.8 Å². The fourth-order valence-electron chi connectivity index (χ4n) is 2.33. The lowest BCUT2D eigenvalue weighted by molar-refractivity contribution is 0.404. The molecule has 0 amide bonds. The first-order valence-corrected chi connectivity index (χ1v) is 7.09. The minimum atomic E-state index is -3.55. The molecule has 2 rings (SSSR count). The van der Waals surface area contributed by atoms with Crippen molar-refractivity contribution in [1.82, 2.24) is 9.29 Å². The summed E-state index contributed by atoms with van der Waals surface area (Å²) in [6.45, 7) is 4.51. The molecule has 0 spiro atoms. The second kappa shape index (κ2) is 4.27. The first kappa shape index (κ1) is 12.3. The van der Waals surface area contributed by atoms with Crippen LogP contribution in [0.1, 0.15) is 20.3 Å². The molecule has 2 atom stereocenters. The zero-order chi connectivity index (χ0) is 12.6. The Morgan fingerprint density at radius 1 is 1.47 bits per heavy atom. The summed E-state index contributed by atoms with van der Waals surface area (Å²) < 4.78 is 26.3. The fraction of sp³-hybridized carbons (Fsp3) is 0.545. The number of pyridine rings is 1. The SMILES string of the molecule is CC1CC(C)N(S(=O)(=O)c2ncccc2N)C1. The van der Waals surface area contributed by atoms with E-state index in [4.69, 9.17) is 5.73 Å². The van der Waals surface area contributed by atoms with Gasteiger partial charge in [0.2, 0.25) is 0 Å². The molecule has 94 valence electrons. The Bertz CT molecular complexity index is 515. The first-order valence-electron chi connectivity index (χ1n) is 5.65. The van der Waals surface area contributed by atoms with Crippen molar-refractivity contribution in [2.24, 2.45) is 5.92 Å². The molecule has 2 unspecified atom stereocenters. The van der Waals surface area contributed by atoms with Crippen molar-refractivity contribution < 1.29 is 8.42 Å². The van der Waals surface area contributed by atoms with Gasteiger partial charge < -0.3 is 5.73 Å². The normalized spacial score (nSPS) is 26.2. The van der Waals surface area contributed by atoms with E-state index in [1.54, 1.807) is 12.1 Å². The molecule has 1 aliphatic heterocycles. The van der Waals surface area contributed by atoms with Gasteiger partial charge in [-0.1, -0.05) is 6.92 Å². The summed E-state index contributed by atoms with van der Waals surface area (Å²) in [6, 6.07) is 3.20. The summed E-state index contributed by atoms with van der Waals surface area (Å²) in [5, 5.41) is -0.0269. The number of nitrogen functional groups attached to an aromatic ring is 1. The Morgan fingerprint density at radius 3 is 2.71 bits per heavy atom. The van der Waals surface area contributed by atoms with Gasteiger partial charge in [0.1, 0.15) is 0 Å². The molecule has 0 aliphatic carbocycles. The molecular formula is C11H17N3O2S. The Labute approximate surface area is 102 Å². The minimum Gasteiger partial charge on any atom is -0.396 e. The number of nitrogens with two attached hydrogens (primary N) is 1. The molecule has 0 saturated carbocycles. The van der Waals surface area contributed by atoms with Crippen LogP contribution in [0.2, 0.25) is 0 Å². The zero-order valence-electron chi connectivity index (χ0n) is 10.00. The van der Waals surface area contributed by atoms with Crippen molar-refractivity contribution in [3.05, 3.63) is 18.3 Å². The van der Waals surface area contributed by atoms with E-state index in [9.17, 15) is 8.42 Å². The largest absolute Gasteiger partial charge is 0.396 e. The number of sulfonamides is 1. The predicted octanol–water partition coefficient (Wildman–Crippen LogP) is 1.08. The molecule has 17 heavy (non-hydrogen) atoms. The summed E-state index contributed by atoms with van der Waals surface area (Å²) in [5.74, 6) is 0.379. The lowest BCUT2D eigenvalue weighted by atomic mass is 10.1.